The number of halogens is 4. The second kappa shape index (κ2) is 14.6. The van der Waals surface area contributed by atoms with Crippen molar-refractivity contribution in [2.75, 3.05) is 50.6 Å². The molecule has 0 saturated heterocycles. The van der Waals surface area contributed by atoms with Gasteiger partial charge in [-0.1, -0.05) is 6.07 Å². The molecule has 0 unspecified atom stereocenters. The molecule has 0 aliphatic rings. The highest BCUT2D eigenvalue weighted by molar-refractivity contribution is 5.93. The number of aromatic nitrogens is 4. The zero-order valence-corrected chi connectivity index (χ0v) is 23.2. The number of carbonyl (C=O) groups is 1. The van der Waals surface area contributed by atoms with Crippen LogP contribution in [0.15, 0.2) is 48.8 Å². The monoisotopic (exact) mass is 605 g/mol. The Morgan fingerprint density at radius 3 is 2.67 bits per heavy atom. The van der Waals surface area contributed by atoms with Crippen LogP contribution in [0, 0.1) is 5.82 Å². The summed E-state index contributed by atoms with van der Waals surface area (Å²) in [5, 5.41) is 22.4. The quantitative estimate of drug-likeness (QED) is 0.114. The van der Waals surface area contributed by atoms with Gasteiger partial charge in [0.1, 0.15) is 18.0 Å². The number of nitrogens with zero attached hydrogens (tertiary/aromatic N) is 4. The number of rotatable bonds is 15. The minimum atomic E-state index is -4.26. The standard InChI is InChI=1S/C28H31F4N7O4/c1-42-23-15-21-22(16-24(23)43-11-3-7-39(9-10-40)8-6-28(30,31)32)33-17-34-27(21)36-25-13-20(37-38-25)14-26(41)35-19-5-2-4-18(29)12-19/h2,4-5,12-13,15-17,40H,3,6-11,14H2,1H3,(H,35,41)(H2,33,34,36,37,38). The van der Waals surface area contributed by atoms with Gasteiger partial charge in [0.05, 0.1) is 38.7 Å². The molecule has 4 N–H and O–H groups in total. The molecule has 2 aromatic heterocycles. The third-order valence-corrected chi connectivity index (χ3v) is 6.26. The van der Waals surface area contributed by atoms with E-state index in [1.54, 1.807) is 24.3 Å². The van der Waals surface area contributed by atoms with E-state index in [0.717, 1.165) is 0 Å². The third-order valence-electron chi connectivity index (χ3n) is 6.26. The van der Waals surface area contributed by atoms with Crippen LogP contribution in [0.5, 0.6) is 11.5 Å². The Balaban J connectivity index is 1.37. The number of alkyl halides is 3. The zero-order chi connectivity index (χ0) is 30.8. The Bertz CT molecular complexity index is 1520. The van der Waals surface area contributed by atoms with Crippen molar-refractivity contribution in [2.45, 2.75) is 25.4 Å². The molecule has 0 spiro atoms. The highest BCUT2D eigenvalue weighted by Gasteiger charge is 2.27. The SMILES string of the molecule is COc1cc2c(Nc3cc(CC(=O)Nc4cccc(F)c4)[nH]n3)ncnc2cc1OCCCN(CCO)CCC(F)(F)F. The lowest BCUT2D eigenvalue weighted by atomic mass is 10.2. The summed E-state index contributed by atoms with van der Waals surface area (Å²) in [5.41, 5.74) is 1.39. The van der Waals surface area contributed by atoms with Gasteiger partial charge < -0.3 is 30.1 Å². The van der Waals surface area contributed by atoms with E-state index in [-0.39, 0.29) is 38.6 Å². The Kier molecular flexibility index (Phi) is 10.7. The molecule has 43 heavy (non-hydrogen) atoms. The van der Waals surface area contributed by atoms with Gasteiger partial charge in [-0.3, -0.25) is 9.89 Å². The van der Waals surface area contributed by atoms with Gasteiger partial charge >= 0.3 is 6.18 Å². The molecule has 0 atom stereocenters. The van der Waals surface area contributed by atoms with Crippen molar-refractivity contribution in [2.24, 2.45) is 0 Å². The van der Waals surface area contributed by atoms with E-state index in [4.69, 9.17) is 14.6 Å². The van der Waals surface area contributed by atoms with Gasteiger partial charge in [-0.05, 0) is 30.7 Å². The Labute approximate surface area is 244 Å². The Morgan fingerprint density at radius 1 is 1.09 bits per heavy atom. The number of H-pyrrole nitrogens is 1. The number of anilines is 3. The minimum Gasteiger partial charge on any atom is -0.493 e. The molecule has 230 valence electrons. The zero-order valence-electron chi connectivity index (χ0n) is 23.2. The van der Waals surface area contributed by atoms with Gasteiger partial charge in [0, 0.05) is 48.5 Å². The number of hydrogen-bond donors (Lipinski definition) is 4. The fourth-order valence-corrected chi connectivity index (χ4v) is 4.25. The van der Waals surface area contributed by atoms with Crippen molar-refractivity contribution < 1.29 is 36.9 Å². The summed E-state index contributed by atoms with van der Waals surface area (Å²) >= 11 is 0. The van der Waals surface area contributed by atoms with Crippen LogP contribution in [0.25, 0.3) is 10.9 Å². The van der Waals surface area contributed by atoms with Gasteiger partial charge in [-0.2, -0.15) is 18.3 Å². The number of aliphatic hydroxyl groups is 1. The number of methoxy groups -OCH3 is 1. The highest BCUT2D eigenvalue weighted by Crippen LogP contribution is 2.34. The molecule has 0 aliphatic heterocycles. The summed E-state index contributed by atoms with van der Waals surface area (Å²) in [7, 11) is 1.47. The smallest absolute Gasteiger partial charge is 0.390 e. The van der Waals surface area contributed by atoms with Crippen molar-refractivity contribution in [3.63, 3.8) is 0 Å². The summed E-state index contributed by atoms with van der Waals surface area (Å²) in [6.07, 6.45) is -3.45. The second-order valence-electron chi connectivity index (χ2n) is 9.51. The first kappa shape index (κ1) is 31.4. The maximum Gasteiger partial charge on any atom is 0.390 e. The van der Waals surface area contributed by atoms with Crippen LogP contribution in [0.2, 0.25) is 0 Å². The van der Waals surface area contributed by atoms with Crippen LogP contribution in [0.4, 0.5) is 34.9 Å². The molecule has 0 radical (unpaired) electrons. The molecule has 2 heterocycles. The molecule has 1 amide bonds. The first-order chi connectivity index (χ1) is 20.6. The lowest BCUT2D eigenvalue weighted by molar-refractivity contribution is -0.138. The van der Waals surface area contributed by atoms with Gasteiger partial charge in [-0.25, -0.2) is 14.4 Å². The van der Waals surface area contributed by atoms with E-state index in [1.165, 1.54) is 36.5 Å². The van der Waals surface area contributed by atoms with Crippen LogP contribution in [0.3, 0.4) is 0 Å². The summed E-state index contributed by atoms with van der Waals surface area (Å²) in [6.45, 7) is 0.228. The Morgan fingerprint density at radius 2 is 1.93 bits per heavy atom. The molecule has 0 saturated carbocycles. The van der Waals surface area contributed by atoms with Crippen LogP contribution in [0.1, 0.15) is 18.5 Å². The number of aliphatic hydroxyl groups excluding tert-OH is 1. The average molecular weight is 606 g/mol. The predicted octanol–water partition coefficient (Wildman–Crippen LogP) is 4.44. The van der Waals surface area contributed by atoms with E-state index < -0.39 is 18.4 Å². The van der Waals surface area contributed by atoms with Crippen molar-refractivity contribution in [1.29, 1.82) is 0 Å². The lowest BCUT2D eigenvalue weighted by Gasteiger charge is -2.22. The van der Waals surface area contributed by atoms with Crippen LogP contribution in [-0.4, -0.2) is 82.2 Å². The molecule has 4 aromatic rings. The number of hydrogen-bond acceptors (Lipinski definition) is 9. The van der Waals surface area contributed by atoms with Crippen molar-refractivity contribution in [1.82, 2.24) is 25.1 Å². The first-order valence-corrected chi connectivity index (χ1v) is 13.4. The highest BCUT2D eigenvalue weighted by atomic mass is 19.4. The lowest BCUT2D eigenvalue weighted by Crippen LogP contribution is -2.32. The Hall–Kier alpha value is -4.50. The van der Waals surface area contributed by atoms with Crippen LogP contribution in [-0.2, 0) is 11.2 Å². The predicted molar refractivity (Wildman–Crippen MR) is 151 cm³/mol. The topological polar surface area (TPSA) is 138 Å². The fourth-order valence-electron chi connectivity index (χ4n) is 4.25. The molecule has 4 rings (SSSR count). The van der Waals surface area contributed by atoms with Crippen LogP contribution >= 0.6 is 0 Å². The number of carbonyl (C=O) groups excluding carboxylic acids is 1. The number of amides is 1. The summed E-state index contributed by atoms with van der Waals surface area (Å²) < 4.78 is 62.5. The number of nitrogens with one attached hydrogen (secondary N) is 3. The van der Waals surface area contributed by atoms with Crippen molar-refractivity contribution in [3.8, 4) is 11.5 Å². The van der Waals surface area contributed by atoms with Gasteiger partial charge in [0.25, 0.3) is 0 Å². The van der Waals surface area contributed by atoms with Crippen molar-refractivity contribution >= 4 is 34.1 Å². The maximum absolute atomic E-state index is 13.4. The molecule has 0 fully saturated rings. The third kappa shape index (κ3) is 9.51. The van der Waals surface area contributed by atoms with E-state index >= 15 is 0 Å². The van der Waals surface area contributed by atoms with Crippen molar-refractivity contribution in [3.05, 3.63) is 60.3 Å². The van der Waals surface area contributed by atoms with Gasteiger partial charge in [0.15, 0.2) is 17.3 Å². The van der Waals surface area contributed by atoms with Gasteiger partial charge in [0.2, 0.25) is 5.91 Å². The molecule has 0 bridgehead atoms. The number of aromatic amines is 1. The maximum atomic E-state index is 13.4. The number of ether oxygens (including phenoxy) is 2. The summed E-state index contributed by atoms with van der Waals surface area (Å²) in [5.74, 6) is 0.795. The van der Waals surface area contributed by atoms with E-state index in [9.17, 15) is 22.4 Å². The van der Waals surface area contributed by atoms with E-state index in [0.29, 0.717) is 58.4 Å². The molecular weight excluding hydrogens is 574 g/mol. The van der Waals surface area contributed by atoms with Crippen LogP contribution < -0.4 is 20.1 Å². The first-order valence-electron chi connectivity index (χ1n) is 13.4. The average Bonchev–Trinajstić information content (AvgIpc) is 3.39. The summed E-state index contributed by atoms with van der Waals surface area (Å²) in [4.78, 5) is 22.5. The normalized spacial score (nSPS) is 11.6. The minimum absolute atomic E-state index is 0.0235. The number of benzene rings is 2. The van der Waals surface area contributed by atoms with Gasteiger partial charge in [-0.15, -0.1) is 0 Å². The van der Waals surface area contributed by atoms with E-state index in [1.807, 2.05) is 0 Å². The number of fused-ring (bicyclic) bond motifs is 1. The summed E-state index contributed by atoms with van der Waals surface area (Å²) in [6, 6.07) is 10.6. The van der Waals surface area contributed by atoms with E-state index in [2.05, 4.69) is 30.8 Å². The molecular formula is C28H31F4N7O4. The molecule has 15 heteroatoms. The largest absolute Gasteiger partial charge is 0.493 e. The fraction of sp³-hybridized carbons (Fsp3) is 0.357. The molecule has 11 nitrogen and oxygen atoms in total. The molecule has 0 aliphatic carbocycles. The second-order valence-corrected chi connectivity index (χ2v) is 9.51. The molecule has 2 aromatic carbocycles.